The summed E-state index contributed by atoms with van der Waals surface area (Å²) in [6.07, 6.45) is 4.70. The molecule has 0 bridgehead atoms. The third kappa shape index (κ3) is 3.55. The predicted molar refractivity (Wildman–Crippen MR) is 76.5 cm³/mol. The Morgan fingerprint density at radius 1 is 1.32 bits per heavy atom. The molecule has 0 saturated heterocycles. The van der Waals surface area contributed by atoms with Gasteiger partial charge < -0.3 is 5.73 Å². The topological polar surface area (TPSA) is 72.2 Å². The third-order valence-electron chi connectivity index (χ3n) is 3.71. The first-order valence-corrected chi connectivity index (χ1v) is 8.38. The highest BCUT2D eigenvalue weighted by Crippen LogP contribution is 2.24. The van der Waals surface area contributed by atoms with E-state index in [0.29, 0.717) is 17.9 Å². The number of aryl methyl sites for hydroxylation is 2. The largest absolute Gasteiger partial charge is 0.328 e. The molecular formula is C14H22N2O2S. The fourth-order valence-electron chi connectivity index (χ4n) is 2.38. The molecule has 1 aliphatic carbocycles. The van der Waals surface area contributed by atoms with E-state index in [0.717, 1.165) is 25.7 Å². The van der Waals surface area contributed by atoms with Gasteiger partial charge in [0.05, 0.1) is 4.90 Å². The Balaban J connectivity index is 2.03. The lowest BCUT2D eigenvalue weighted by Gasteiger charge is -2.11. The van der Waals surface area contributed by atoms with Gasteiger partial charge in [0.25, 0.3) is 0 Å². The van der Waals surface area contributed by atoms with E-state index < -0.39 is 10.0 Å². The Bertz CT molecular complexity index is 540. The van der Waals surface area contributed by atoms with E-state index in [1.807, 2.05) is 19.1 Å². The molecule has 0 radical (unpaired) electrons. The van der Waals surface area contributed by atoms with Gasteiger partial charge in [-0.3, -0.25) is 0 Å². The molecule has 1 atom stereocenters. The maximum absolute atomic E-state index is 12.1. The van der Waals surface area contributed by atoms with Gasteiger partial charge in [-0.2, -0.15) is 0 Å². The van der Waals surface area contributed by atoms with Gasteiger partial charge in [0.15, 0.2) is 0 Å². The first kappa shape index (κ1) is 14.5. The van der Waals surface area contributed by atoms with Crippen molar-refractivity contribution in [2.24, 2.45) is 5.73 Å². The lowest BCUT2D eigenvalue weighted by Crippen LogP contribution is -2.30. The number of benzene rings is 1. The van der Waals surface area contributed by atoms with E-state index in [-0.39, 0.29) is 6.04 Å². The second-order valence-electron chi connectivity index (χ2n) is 5.14. The summed E-state index contributed by atoms with van der Waals surface area (Å²) < 4.78 is 26.9. The maximum atomic E-state index is 12.1. The molecule has 0 fully saturated rings. The van der Waals surface area contributed by atoms with Gasteiger partial charge in [-0.1, -0.05) is 13.0 Å². The highest BCUT2D eigenvalue weighted by atomic mass is 32.2. The number of hydrogen-bond acceptors (Lipinski definition) is 3. The van der Waals surface area contributed by atoms with Crippen LogP contribution in [-0.4, -0.2) is 21.0 Å². The normalized spacial score (nSPS) is 16.3. The Labute approximate surface area is 115 Å². The minimum Gasteiger partial charge on any atom is -0.328 e. The fraction of sp³-hybridized carbons (Fsp3) is 0.571. The Hall–Kier alpha value is -0.910. The summed E-state index contributed by atoms with van der Waals surface area (Å²) in [5.74, 6) is 0. The Kier molecular flexibility index (Phi) is 4.60. The molecule has 1 aromatic carbocycles. The molecule has 0 saturated carbocycles. The van der Waals surface area contributed by atoms with Crippen LogP contribution in [0.15, 0.2) is 23.1 Å². The molecule has 19 heavy (non-hydrogen) atoms. The zero-order valence-electron chi connectivity index (χ0n) is 11.4. The van der Waals surface area contributed by atoms with Gasteiger partial charge in [-0.25, -0.2) is 13.1 Å². The summed E-state index contributed by atoms with van der Waals surface area (Å²) in [5.41, 5.74) is 8.24. The monoisotopic (exact) mass is 282 g/mol. The molecule has 0 aliphatic heterocycles. The summed E-state index contributed by atoms with van der Waals surface area (Å²) in [6, 6.07) is 5.51. The van der Waals surface area contributed by atoms with Crippen molar-refractivity contribution in [2.45, 2.75) is 50.0 Å². The molecule has 1 unspecified atom stereocenters. The van der Waals surface area contributed by atoms with Crippen molar-refractivity contribution in [3.8, 4) is 0 Å². The molecular weight excluding hydrogens is 260 g/mol. The smallest absolute Gasteiger partial charge is 0.240 e. The summed E-state index contributed by atoms with van der Waals surface area (Å²) in [4.78, 5) is 0.373. The summed E-state index contributed by atoms with van der Waals surface area (Å²) >= 11 is 0. The lowest BCUT2D eigenvalue weighted by molar-refractivity contribution is 0.558. The van der Waals surface area contributed by atoms with E-state index in [9.17, 15) is 8.42 Å². The molecule has 3 N–H and O–H groups in total. The second-order valence-corrected chi connectivity index (χ2v) is 6.91. The van der Waals surface area contributed by atoms with Crippen LogP contribution in [0.25, 0.3) is 0 Å². The van der Waals surface area contributed by atoms with Crippen molar-refractivity contribution in [1.82, 2.24) is 4.72 Å². The van der Waals surface area contributed by atoms with E-state index >= 15 is 0 Å². The van der Waals surface area contributed by atoms with Crippen molar-refractivity contribution in [3.05, 3.63) is 29.3 Å². The molecule has 5 heteroatoms. The molecule has 0 heterocycles. The third-order valence-corrected chi connectivity index (χ3v) is 5.17. The van der Waals surface area contributed by atoms with Crippen LogP contribution in [0.3, 0.4) is 0 Å². The van der Waals surface area contributed by atoms with Crippen molar-refractivity contribution in [2.75, 3.05) is 6.54 Å². The van der Waals surface area contributed by atoms with Crippen LogP contribution in [0.1, 0.15) is 37.3 Å². The number of rotatable bonds is 6. The van der Waals surface area contributed by atoms with Crippen molar-refractivity contribution >= 4 is 10.0 Å². The number of nitrogens with one attached hydrogen (secondary N) is 1. The van der Waals surface area contributed by atoms with E-state index in [1.165, 1.54) is 11.1 Å². The number of sulfonamides is 1. The van der Waals surface area contributed by atoms with Gasteiger partial charge in [-0.05, 0) is 55.4 Å². The lowest BCUT2D eigenvalue weighted by atomic mass is 10.1. The molecule has 0 spiro atoms. The van der Waals surface area contributed by atoms with Crippen LogP contribution < -0.4 is 10.5 Å². The van der Waals surface area contributed by atoms with Crippen LogP contribution in [0.4, 0.5) is 0 Å². The molecule has 0 aromatic heterocycles. The van der Waals surface area contributed by atoms with E-state index in [2.05, 4.69) is 4.72 Å². The quantitative estimate of drug-likeness (QED) is 0.832. The zero-order chi connectivity index (χ0) is 13.9. The minimum atomic E-state index is -3.39. The molecule has 106 valence electrons. The van der Waals surface area contributed by atoms with E-state index in [1.54, 1.807) is 6.07 Å². The van der Waals surface area contributed by atoms with Gasteiger partial charge in [0, 0.05) is 12.6 Å². The second kappa shape index (κ2) is 6.03. The van der Waals surface area contributed by atoms with E-state index in [4.69, 9.17) is 5.73 Å². The molecule has 4 nitrogen and oxygen atoms in total. The number of fused-ring (bicyclic) bond motifs is 1. The first-order valence-electron chi connectivity index (χ1n) is 6.90. The predicted octanol–water partition coefficient (Wildman–Crippen LogP) is 1.58. The van der Waals surface area contributed by atoms with Gasteiger partial charge in [0.1, 0.15) is 0 Å². The molecule has 2 rings (SSSR count). The van der Waals surface area contributed by atoms with Crippen molar-refractivity contribution in [3.63, 3.8) is 0 Å². The van der Waals surface area contributed by atoms with Gasteiger partial charge in [-0.15, -0.1) is 0 Å². The Morgan fingerprint density at radius 3 is 2.79 bits per heavy atom. The average Bonchev–Trinajstić information content (AvgIpc) is 2.85. The first-order chi connectivity index (χ1) is 9.03. The summed E-state index contributed by atoms with van der Waals surface area (Å²) in [7, 11) is -3.39. The summed E-state index contributed by atoms with van der Waals surface area (Å²) in [5, 5.41) is 0. The molecule has 1 aromatic rings. The average molecular weight is 282 g/mol. The molecule has 0 amide bonds. The van der Waals surface area contributed by atoms with Crippen molar-refractivity contribution in [1.29, 1.82) is 0 Å². The van der Waals surface area contributed by atoms with Gasteiger partial charge in [0.2, 0.25) is 10.0 Å². The minimum absolute atomic E-state index is 0.0581. The standard InChI is InChI=1S/C14H22N2O2S/c1-2-13(15)8-9-16-19(17,18)14-7-6-11-4-3-5-12(11)10-14/h6-7,10,13,16H,2-5,8-9,15H2,1H3. The van der Waals surface area contributed by atoms with Crippen LogP contribution in [0, 0.1) is 0 Å². The maximum Gasteiger partial charge on any atom is 0.240 e. The van der Waals surface area contributed by atoms with Crippen LogP contribution in [0.2, 0.25) is 0 Å². The highest BCUT2D eigenvalue weighted by Gasteiger charge is 2.18. The van der Waals surface area contributed by atoms with Gasteiger partial charge >= 0.3 is 0 Å². The van der Waals surface area contributed by atoms with Crippen LogP contribution >= 0.6 is 0 Å². The van der Waals surface area contributed by atoms with Crippen LogP contribution in [-0.2, 0) is 22.9 Å². The van der Waals surface area contributed by atoms with Crippen molar-refractivity contribution < 1.29 is 8.42 Å². The highest BCUT2D eigenvalue weighted by molar-refractivity contribution is 7.89. The number of hydrogen-bond donors (Lipinski definition) is 2. The SMILES string of the molecule is CCC(N)CCNS(=O)(=O)c1ccc2c(c1)CCC2. The number of nitrogens with two attached hydrogens (primary N) is 1. The summed E-state index contributed by atoms with van der Waals surface area (Å²) in [6.45, 7) is 2.40. The molecule has 1 aliphatic rings. The zero-order valence-corrected chi connectivity index (χ0v) is 12.2. The fourth-order valence-corrected chi connectivity index (χ4v) is 3.48. The Morgan fingerprint density at radius 2 is 2.05 bits per heavy atom. The van der Waals surface area contributed by atoms with Crippen LogP contribution in [0.5, 0.6) is 0 Å².